The Balaban J connectivity index is 1.53. The molecule has 2 aliphatic rings. The molecule has 9 heteroatoms. The van der Waals surface area contributed by atoms with Crippen molar-refractivity contribution in [1.82, 2.24) is 0 Å². The van der Waals surface area contributed by atoms with Gasteiger partial charge in [0.1, 0.15) is 12.2 Å². The lowest BCUT2D eigenvalue weighted by Gasteiger charge is -2.30. The summed E-state index contributed by atoms with van der Waals surface area (Å²) in [7, 11) is -4.11. The lowest BCUT2D eigenvalue weighted by atomic mass is 9.81. The van der Waals surface area contributed by atoms with Gasteiger partial charge in [0.15, 0.2) is 11.5 Å². The van der Waals surface area contributed by atoms with Crippen LogP contribution in [0.2, 0.25) is 0 Å². The van der Waals surface area contributed by atoms with Gasteiger partial charge in [-0.15, -0.1) is 0 Å². The first-order valence-electron chi connectivity index (χ1n) is 10.7. The number of anilines is 2. The van der Waals surface area contributed by atoms with Crippen molar-refractivity contribution in [2.24, 2.45) is 0 Å². The third kappa shape index (κ3) is 3.58. The molecule has 0 bridgehead atoms. The predicted octanol–water partition coefficient (Wildman–Crippen LogP) is 2.98. The van der Waals surface area contributed by atoms with Gasteiger partial charge in [0.2, 0.25) is 0 Å². The van der Waals surface area contributed by atoms with Gasteiger partial charge in [0.25, 0.3) is 10.0 Å². The van der Waals surface area contributed by atoms with Crippen LogP contribution in [-0.4, -0.2) is 41.9 Å². The molecular weight excluding hydrogens is 444 g/mol. The first-order chi connectivity index (χ1) is 15.8. The number of rotatable bonds is 4. The zero-order valence-corrected chi connectivity index (χ0v) is 18.5. The van der Waals surface area contributed by atoms with Gasteiger partial charge in [-0.1, -0.05) is 30.3 Å². The molecule has 1 saturated heterocycles. The fraction of sp³-hybridized carbons (Fsp3) is 0.250. The molecule has 3 aromatic rings. The topological polar surface area (TPSA) is 130 Å². The van der Waals surface area contributed by atoms with E-state index in [-0.39, 0.29) is 21.7 Å². The average molecular weight is 469 g/mol. The van der Waals surface area contributed by atoms with Crippen LogP contribution in [0.25, 0.3) is 0 Å². The second-order valence-corrected chi connectivity index (χ2v) is 10.0. The Hall–Kier alpha value is -3.27. The third-order valence-corrected chi connectivity index (χ3v) is 7.71. The fourth-order valence-electron chi connectivity index (χ4n) is 4.64. The zero-order chi connectivity index (χ0) is 23.3. The van der Waals surface area contributed by atoms with E-state index in [1.807, 2.05) is 6.07 Å². The smallest absolute Gasteiger partial charge is 0.262 e. The lowest BCUT2D eigenvalue weighted by molar-refractivity contribution is 0.169. The minimum absolute atomic E-state index is 0.00874. The van der Waals surface area contributed by atoms with Gasteiger partial charge in [0.05, 0.1) is 10.6 Å². The maximum absolute atomic E-state index is 13.1. The highest BCUT2D eigenvalue weighted by molar-refractivity contribution is 7.92. The van der Waals surface area contributed by atoms with Crippen LogP contribution >= 0.6 is 0 Å². The molecule has 0 saturated carbocycles. The second-order valence-electron chi connectivity index (χ2n) is 8.36. The molecule has 1 fully saturated rings. The second kappa shape index (κ2) is 7.95. The van der Waals surface area contributed by atoms with E-state index < -0.39 is 33.7 Å². The predicted molar refractivity (Wildman–Crippen MR) is 123 cm³/mol. The van der Waals surface area contributed by atoms with E-state index >= 15 is 0 Å². The van der Waals surface area contributed by atoms with Crippen LogP contribution in [0.4, 0.5) is 11.4 Å². The molecule has 2 unspecified atom stereocenters. The van der Waals surface area contributed by atoms with Crippen molar-refractivity contribution in [3.05, 3.63) is 76.9 Å². The van der Waals surface area contributed by atoms with Crippen molar-refractivity contribution in [3.63, 3.8) is 0 Å². The summed E-state index contributed by atoms with van der Waals surface area (Å²) in [5, 5.41) is 42.8. The summed E-state index contributed by atoms with van der Waals surface area (Å²) >= 11 is 0. The number of aliphatic hydroxyl groups excluding tert-OH is 2. The van der Waals surface area contributed by atoms with E-state index in [0.29, 0.717) is 11.1 Å². The van der Waals surface area contributed by atoms with Crippen LogP contribution in [0.15, 0.2) is 59.5 Å². The van der Waals surface area contributed by atoms with Gasteiger partial charge in [0, 0.05) is 24.3 Å². The van der Waals surface area contributed by atoms with Crippen LogP contribution in [-0.2, 0) is 10.0 Å². The number of fused-ring (bicyclic) bond motifs is 2. The number of sulfonamides is 1. The molecule has 172 valence electrons. The molecule has 1 aliphatic carbocycles. The van der Waals surface area contributed by atoms with Gasteiger partial charge in [-0.2, -0.15) is 0 Å². The summed E-state index contributed by atoms with van der Waals surface area (Å²) in [6.07, 6.45) is -0.398. The summed E-state index contributed by atoms with van der Waals surface area (Å²) < 4.78 is 28.5. The SMILES string of the molecule is O=S(=O)(Nc1cc2c(c(O)c1O)C(O)c1ccccc1C2O)c1cccc(N2CCCC2)c1. The highest BCUT2D eigenvalue weighted by Crippen LogP contribution is 2.50. The molecular formula is C24H24N2O6S. The summed E-state index contributed by atoms with van der Waals surface area (Å²) in [6.45, 7) is 1.72. The maximum atomic E-state index is 13.1. The fourth-order valence-corrected chi connectivity index (χ4v) is 5.74. The van der Waals surface area contributed by atoms with Gasteiger partial charge in [-0.3, -0.25) is 4.72 Å². The van der Waals surface area contributed by atoms with Crippen molar-refractivity contribution in [2.75, 3.05) is 22.7 Å². The monoisotopic (exact) mass is 468 g/mol. The number of nitrogens with one attached hydrogen (secondary N) is 1. The van der Waals surface area contributed by atoms with E-state index in [1.54, 1.807) is 36.4 Å². The molecule has 5 N–H and O–H groups in total. The number of benzene rings is 3. The van der Waals surface area contributed by atoms with Gasteiger partial charge in [-0.05, 0) is 53.8 Å². The molecule has 5 rings (SSSR count). The highest BCUT2D eigenvalue weighted by Gasteiger charge is 2.35. The number of aromatic hydroxyl groups is 2. The number of nitrogens with zero attached hydrogens (tertiary/aromatic N) is 1. The Kier molecular flexibility index (Phi) is 5.19. The van der Waals surface area contributed by atoms with Gasteiger partial charge < -0.3 is 25.3 Å². The van der Waals surface area contributed by atoms with Crippen LogP contribution in [0.5, 0.6) is 11.5 Å². The number of aliphatic hydroxyl groups is 2. The molecule has 33 heavy (non-hydrogen) atoms. The molecule has 8 nitrogen and oxygen atoms in total. The van der Waals surface area contributed by atoms with Gasteiger partial charge >= 0.3 is 0 Å². The number of hydrogen-bond donors (Lipinski definition) is 5. The molecule has 2 atom stereocenters. The van der Waals surface area contributed by atoms with Crippen molar-refractivity contribution >= 4 is 21.4 Å². The summed E-state index contributed by atoms with van der Waals surface area (Å²) in [4.78, 5) is 2.12. The summed E-state index contributed by atoms with van der Waals surface area (Å²) in [6, 6.07) is 14.4. The normalized spacial score (nSPS) is 19.8. The van der Waals surface area contributed by atoms with Crippen molar-refractivity contribution in [1.29, 1.82) is 0 Å². The minimum Gasteiger partial charge on any atom is -0.504 e. The van der Waals surface area contributed by atoms with E-state index in [0.717, 1.165) is 31.6 Å². The van der Waals surface area contributed by atoms with E-state index in [4.69, 9.17) is 0 Å². The van der Waals surface area contributed by atoms with Crippen LogP contribution < -0.4 is 9.62 Å². The number of phenolic OH excluding ortho intramolecular Hbond substituents is 2. The molecule has 0 radical (unpaired) electrons. The standard InChI is InChI=1S/C24H24N2O6S/c27-21-16-8-1-2-9-17(16)22(28)20-18(21)13-19(23(29)24(20)30)25-33(31,32)15-7-5-6-14(12-15)26-10-3-4-11-26/h1-2,5-9,12-13,21-22,25,27-30H,3-4,10-11H2. The van der Waals surface area contributed by atoms with Crippen LogP contribution in [0.1, 0.15) is 47.3 Å². The van der Waals surface area contributed by atoms with Crippen LogP contribution in [0, 0.1) is 0 Å². The lowest BCUT2D eigenvalue weighted by Crippen LogP contribution is -2.20. The van der Waals surface area contributed by atoms with Crippen LogP contribution in [0.3, 0.4) is 0 Å². The first kappa shape index (κ1) is 21.6. The Morgan fingerprint density at radius 2 is 1.48 bits per heavy atom. The third-order valence-electron chi connectivity index (χ3n) is 6.34. The Morgan fingerprint density at radius 1 is 0.818 bits per heavy atom. The number of phenols is 2. The van der Waals surface area contributed by atoms with Crippen molar-refractivity contribution in [3.8, 4) is 11.5 Å². The highest BCUT2D eigenvalue weighted by atomic mass is 32.2. The molecule has 0 amide bonds. The number of hydrogen-bond acceptors (Lipinski definition) is 7. The largest absolute Gasteiger partial charge is 0.504 e. The van der Waals surface area contributed by atoms with E-state index in [2.05, 4.69) is 9.62 Å². The Bertz CT molecular complexity index is 1330. The average Bonchev–Trinajstić information content (AvgIpc) is 3.35. The molecule has 3 aromatic carbocycles. The molecule has 0 aromatic heterocycles. The molecule has 0 spiro atoms. The molecule has 1 heterocycles. The Labute approximate surface area is 191 Å². The molecule has 1 aliphatic heterocycles. The quantitative estimate of drug-likeness (QED) is 0.372. The zero-order valence-electron chi connectivity index (χ0n) is 17.6. The summed E-state index contributed by atoms with van der Waals surface area (Å²) in [5.41, 5.74) is 1.40. The van der Waals surface area contributed by atoms with E-state index in [1.165, 1.54) is 12.1 Å². The van der Waals surface area contributed by atoms with Crippen molar-refractivity contribution < 1.29 is 28.8 Å². The van der Waals surface area contributed by atoms with Gasteiger partial charge in [-0.25, -0.2) is 8.42 Å². The first-order valence-corrected chi connectivity index (χ1v) is 12.2. The van der Waals surface area contributed by atoms with Crippen molar-refractivity contribution in [2.45, 2.75) is 29.9 Å². The Morgan fingerprint density at radius 3 is 2.18 bits per heavy atom. The maximum Gasteiger partial charge on any atom is 0.262 e. The minimum atomic E-state index is -4.11. The van der Waals surface area contributed by atoms with E-state index in [9.17, 15) is 28.8 Å². The summed E-state index contributed by atoms with van der Waals surface area (Å²) in [5.74, 6) is -1.41.